The third kappa shape index (κ3) is 3.32. The number of carbonyl (C=O) groups excluding carboxylic acids is 1. The summed E-state index contributed by atoms with van der Waals surface area (Å²) in [7, 11) is 0. The van der Waals surface area contributed by atoms with Crippen LogP contribution in [0.4, 0.5) is 5.82 Å². The molecule has 102 valence electrons. The molecule has 1 heterocycles. The van der Waals surface area contributed by atoms with E-state index in [0.717, 1.165) is 11.6 Å². The summed E-state index contributed by atoms with van der Waals surface area (Å²) in [5.41, 5.74) is 1.85. The van der Waals surface area contributed by atoms with Crippen molar-refractivity contribution < 1.29 is 19.2 Å². The Morgan fingerprint density at radius 2 is 2.15 bits per heavy atom. The maximum absolute atomic E-state index is 12.1. The number of carboxylic acids is 1. The van der Waals surface area contributed by atoms with Crippen LogP contribution in [0, 0.1) is 6.92 Å². The summed E-state index contributed by atoms with van der Waals surface area (Å²) in [6.07, 6.45) is 3.80. The molecule has 0 aliphatic carbocycles. The molecule has 0 radical (unpaired) electrons. The highest BCUT2D eigenvalue weighted by Crippen LogP contribution is 2.14. The summed E-state index contributed by atoms with van der Waals surface area (Å²) in [6.45, 7) is 1.79. The third-order valence-electron chi connectivity index (χ3n) is 2.60. The van der Waals surface area contributed by atoms with Crippen LogP contribution in [0.25, 0.3) is 6.08 Å². The van der Waals surface area contributed by atoms with Gasteiger partial charge in [-0.15, -0.1) is 0 Å². The zero-order valence-corrected chi connectivity index (χ0v) is 10.7. The molecule has 0 atom stereocenters. The van der Waals surface area contributed by atoms with E-state index in [4.69, 9.17) is 5.11 Å². The van der Waals surface area contributed by atoms with Gasteiger partial charge >= 0.3 is 5.97 Å². The molecule has 0 aliphatic heterocycles. The molecule has 0 saturated carbocycles. The molecular weight excluding hydrogens is 260 g/mol. The van der Waals surface area contributed by atoms with E-state index in [1.807, 2.05) is 0 Å². The lowest BCUT2D eigenvalue weighted by Crippen LogP contribution is -2.13. The first-order valence-electron chi connectivity index (χ1n) is 5.79. The quantitative estimate of drug-likeness (QED) is 0.833. The maximum atomic E-state index is 12.1. The first-order chi connectivity index (χ1) is 9.56. The Kier molecular flexibility index (Phi) is 3.95. The molecule has 6 heteroatoms. The van der Waals surface area contributed by atoms with Gasteiger partial charge in [0.2, 0.25) is 0 Å². The van der Waals surface area contributed by atoms with Crippen LogP contribution >= 0.6 is 0 Å². The average Bonchev–Trinajstić information content (AvgIpc) is 2.90. The Bertz CT molecular complexity index is 660. The zero-order valence-electron chi connectivity index (χ0n) is 10.7. The highest BCUT2D eigenvalue weighted by Gasteiger charge is 2.11. The van der Waals surface area contributed by atoms with E-state index in [-0.39, 0.29) is 5.91 Å². The number of anilines is 1. The van der Waals surface area contributed by atoms with Gasteiger partial charge in [-0.3, -0.25) is 4.79 Å². The Morgan fingerprint density at radius 3 is 2.80 bits per heavy atom. The zero-order chi connectivity index (χ0) is 14.5. The molecule has 0 aliphatic rings. The van der Waals surface area contributed by atoms with Crippen LogP contribution in [0.3, 0.4) is 0 Å². The van der Waals surface area contributed by atoms with Gasteiger partial charge < -0.3 is 14.9 Å². The van der Waals surface area contributed by atoms with Crippen LogP contribution in [0.15, 0.2) is 41.1 Å². The van der Waals surface area contributed by atoms with E-state index < -0.39 is 5.97 Å². The summed E-state index contributed by atoms with van der Waals surface area (Å²) in [5.74, 6) is -1.05. The van der Waals surface area contributed by atoms with Crippen molar-refractivity contribution in [1.82, 2.24) is 5.16 Å². The molecule has 0 saturated heterocycles. The van der Waals surface area contributed by atoms with E-state index in [0.29, 0.717) is 16.9 Å². The lowest BCUT2D eigenvalue weighted by Gasteiger charge is -2.06. The third-order valence-corrected chi connectivity index (χ3v) is 2.60. The first kappa shape index (κ1) is 13.5. The number of carbonyl (C=O) groups is 2. The van der Waals surface area contributed by atoms with E-state index in [1.165, 1.54) is 18.4 Å². The fraction of sp³-hybridized carbons (Fsp3) is 0.0714. The fourth-order valence-electron chi connectivity index (χ4n) is 1.62. The monoisotopic (exact) mass is 272 g/mol. The minimum atomic E-state index is -1.04. The van der Waals surface area contributed by atoms with Gasteiger partial charge in [-0.25, -0.2) is 4.79 Å². The molecule has 2 rings (SSSR count). The number of aromatic nitrogens is 1. The Morgan fingerprint density at radius 1 is 1.35 bits per heavy atom. The minimum Gasteiger partial charge on any atom is -0.478 e. The topological polar surface area (TPSA) is 92.4 Å². The van der Waals surface area contributed by atoms with Crippen molar-refractivity contribution >= 4 is 23.8 Å². The van der Waals surface area contributed by atoms with Crippen LogP contribution in [0.1, 0.15) is 21.5 Å². The van der Waals surface area contributed by atoms with Crippen LogP contribution in [0.2, 0.25) is 0 Å². The highest BCUT2D eigenvalue weighted by atomic mass is 16.5. The number of amides is 1. The largest absolute Gasteiger partial charge is 0.478 e. The Balaban J connectivity index is 2.24. The number of benzene rings is 1. The smallest absolute Gasteiger partial charge is 0.328 e. The summed E-state index contributed by atoms with van der Waals surface area (Å²) < 4.78 is 4.63. The molecule has 2 N–H and O–H groups in total. The van der Waals surface area contributed by atoms with Crippen molar-refractivity contribution in [2.24, 2.45) is 0 Å². The normalized spacial score (nSPS) is 10.7. The maximum Gasteiger partial charge on any atom is 0.328 e. The molecule has 1 aromatic carbocycles. The molecule has 2 aromatic rings. The van der Waals surface area contributed by atoms with Gasteiger partial charge in [0.05, 0.1) is 0 Å². The van der Waals surface area contributed by atoms with Crippen LogP contribution in [0.5, 0.6) is 0 Å². The second kappa shape index (κ2) is 5.83. The van der Waals surface area contributed by atoms with Crippen molar-refractivity contribution in [1.29, 1.82) is 0 Å². The molecule has 6 nitrogen and oxygen atoms in total. The standard InChI is InChI=1S/C14H12N2O4/c1-9-2-3-10(4-5-13(17)18)8-11(9)14(19)15-12-6-7-20-16-12/h2-8H,1H3,(H,17,18)(H,15,16,19). The SMILES string of the molecule is Cc1ccc(C=CC(=O)O)cc1C(=O)Nc1ccon1. The highest BCUT2D eigenvalue weighted by molar-refractivity contribution is 6.05. The second-order valence-electron chi connectivity index (χ2n) is 4.08. The van der Waals surface area contributed by atoms with E-state index >= 15 is 0 Å². The molecule has 0 fully saturated rings. The number of hydrogen-bond donors (Lipinski definition) is 2. The Labute approximate surface area is 114 Å². The number of aliphatic carboxylic acids is 1. The predicted octanol–water partition coefficient (Wildman–Crippen LogP) is 2.33. The van der Waals surface area contributed by atoms with Gasteiger partial charge in [0.15, 0.2) is 5.82 Å². The number of rotatable bonds is 4. The average molecular weight is 272 g/mol. The van der Waals surface area contributed by atoms with Crippen molar-refractivity contribution in [3.63, 3.8) is 0 Å². The van der Waals surface area contributed by atoms with Crippen LogP contribution in [-0.2, 0) is 4.79 Å². The van der Waals surface area contributed by atoms with Gasteiger partial charge in [-0.05, 0) is 30.2 Å². The first-order valence-corrected chi connectivity index (χ1v) is 5.79. The van der Waals surface area contributed by atoms with Gasteiger partial charge in [-0.2, -0.15) is 0 Å². The van der Waals surface area contributed by atoms with E-state index in [2.05, 4.69) is 15.0 Å². The van der Waals surface area contributed by atoms with Crippen molar-refractivity contribution in [2.75, 3.05) is 5.32 Å². The number of aryl methyl sites for hydroxylation is 1. The Hall–Kier alpha value is -2.89. The lowest BCUT2D eigenvalue weighted by molar-refractivity contribution is -0.131. The summed E-state index contributed by atoms with van der Waals surface area (Å²) in [4.78, 5) is 22.6. The van der Waals surface area contributed by atoms with Gasteiger partial charge in [-0.1, -0.05) is 17.3 Å². The predicted molar refractivity (Wildman–Crippen MR) is 72.3 cm³/mol. The van der Waals surface area contributed by atoms with Crippen LogP contribution in [-0.4, -0.2) is 22.1 Å². The molecule has 20 heavy (non-hydrogen) atoms. The summed E-state index contributed by atoms with van der Waals surface area (Å²) in [5, 5.41) is 14.8. The molecule has 1 amide bonds. The number of nitrogens with zero attached hydrogens (tertiary/aromatic N) is 1. The molecule has 0 unspecified atom stereocenters. The van der Waals surface area contributed by atoms with E-state index in [9.17, 15) is 9.59 Å². The van der Waals surface area contributed by atoms with Crippen molar-refractivity contribution in [3.05, 3.63) is 53.3 Å². The number of carboxylic acid groups (broad SMARTS) is 1. The fourth-order valence-corrected chi connectivity index (χ4v) is 1.62. The van der Waals surface area contributed by atoms with Crippen LogP contribution < -0.4 is 5.32 Å². The molecular formula is C14H12N2O4. The molecule has 0 spiro atoms. The second-order valence-corrected chi connectivity index (χ2v) is 4.08. The van der Waals surface area contributed by atoms with Gasteiger partial charge in [0.25, 0.3) is 5.91 Å². The number of hydrogen-bond acceptors (Lipinski definition) is 4. The van der Waals surface area contributed by atoms with Crippen molar-refractivity contribution in [2.45, 2.75) is 6.92 Å². The summed E-state index contributed by atoms with van der Waals surface area (Å²) >= 11 is 0. The summed E-state index contributed by atoms with van der Waals surface area (Å²) in [6, 6.07) is 6.63. The van der Waals surface area contributed by atoms with Gasteiger partial charge in [0, 0.05) is 17.7 Å². The van der Waals surface area contributed by atoms with Gasteiger partial charge in [0.1, 0.15) is 6.26 Å². The number of nitrogens with one attached hydrogen (secondary N) is 1. The lowest BCUT2D eigenvalue weighted by atomic mass is 10.0. The van der Waals surface area contributed by atoms with Crippen molar-refractivity contribution in [3.8, 4) is 0 Å². The molecule has 0 bridgehead atoms. The molecule has 1 aromatic heterocycles. The minimum absolute atomic E-state index is 0.320. The van der Waals surface area contributed by atoms with E-state index in [1.54, 1.807) is 25.1 Å².